The van der Waals surface area contributed by atoms with Crippen molar-refractivity contribution < 1.29 is 9.59 Å². The highest BCUT2D eigenvalue weighted by molar-refractivity contribution is 6.45. The maximum absolute atomic E-state index is 10.8. The fraction of sp³-hybridized carbons (Fsp3) is 0.100. The summed E-state index contributed by atoms with van der Waals surface area (Å²) in [5.41, 5.74) is 1.01. The van der Waals surface area contributed by atoms with Gasteiger partial charge in [0.25, 0.3) is 0 Å². The highest BCUT2D eigenvalue weighted by Gasteiger charge is 2.24. The van der Waals surface area contributed by atoms with E-state index in [4.69, 9.17) is 0 Å². The average molecular weight is 203 g/mol. The first kappa shape index (κ1) is 9.39. The van der Waals surface area contributed by atoms with Gasteiger partial charge in [-0.2, -0.15) is 0 Å². The number of nitrogens with one attached hydrogen (secondary N) is 2. The minimum absolute atomic E-state index is 0.217. The number of rotatable bonds is 2. The van der Waals surface area contributed by atoms with E-state index in [1.165, 1.54) is 0 Å². The van der Waals surface area contributed by atoms with Gasteiger partial charge in [-0.05, 0) is 5.56 Å². The Kier molecular flexibility index (Phi) is 2.45. The van der Waals surface area contributed by atoms with Crippen LogP contribution in [-0.4, -0.2) is 17.8 Å². The van der Waals surface area contributed by atoms with Crippen LogP contribution in [0.25, 0.3) is 0 Å². The number of benzene rings is 1. The summed E-state index contributed by atoms with van der Waals surface area (Å²) in [5.74, 6) is -1.11. The minimum Gasteiger partial charge on any atom is -0.288 e. The molecule has 1 fully saturated rings. The molecule has 1 aromatic carbocycles. The van der Waals surface area contributed by atoms with Gasteiger partial charge in [0.2, 0.25) is 5.96 Å². The number of hydrogen-bond donors (Lipinski definition) is 2. The molecule has 2 amide bonds. The molecule has 15 heavy (non-hydrogen) atoms. The fourth-order valence-electron chi connectivity index (χ4n) is 1.19. The lowest BCUT2D eigenvalue weighted by atomic mass is 10.2. The van der Waals surface area contributed by atoms with Gasteiger partial charge in [0.1, 0.15) is 0 Å². The third kappa shape index (κ3) is 2.19. The molecule has 0 bridgehead atoms. The van der Waals surface area contributed by atoms with E-state index in [1.807, 2.05) is 30.3 Å². The Bertz CT molecular complexity index is 408. The van der Waals surface area contributed by atoms with Gasteiger partial charge in [0.15, 0.2) is 0 Å². The SMILES string of the molecule is O=C1NC(=NCc2ccccc2)NC1=O. The molecule has 1 saturated heterocycles. The molecule has 0 atom stereocenters. The van der Waals surface area contributed by atoms with Gasteiger partial charge in [0, 0.05) is 0 Å². The standard InChI is InChI=1S/C10H9N3O2/c14-8-9(15)13-10(12-8)11-6-7-4-2-1-3-5-7/h1-5H,6H2,(H2,11,12,13,14,15). The molecule has 1 aliphatic rings. The normalized spacial score (nSPS) is 14.8. The van der Waals surface area contributed by atoms with Crippen LogP contribution in [0.1, 0.15) is 5.56 Å². The van der Waals surface area contributed by atoms with Crippen molar-refractivity contribution in [1.29, 1.82) is 0 Å². The van der Waals surface area contributed by atoms with Crippen LogP contribution in [0.15, 0.2) is 35.3 Å². The van der Waals surface area contributed by atoms with E-state index in [1.54, 1.807) is 0 Å². The molecule has 0 radical (unpaired) electrons. The van der Waals surface area contributed by atoms with Gasteiger partial charge >= 0.3 is 11.8 Å². The molecule has 5 nitrogen and oxygen atoms in total. The van der Waals surface area contributed by atoms with E-state index < -0.39 is 11.8 Å². The zero-order chi connectivity index (χ0) is 10.7. The lowest BCUT2D eigenvalue weighted by molar-refractivity contribution is -0.135. The quantitative estimate of drug-likeness (QED) is 0.653. The molecule has 1 aromatic rings. The number of guanidine groups is 1. The third-order valence-electron chi connectivity index (χ3n) is 1.93. The number of nitrogens with zero attached hydrogens (tertiary/aromatic N) is 1. The van der Waals surface area contributed by atoms with Crippen molar-refractivity contribution in [3.05, 3.63) is 35.9 Å². The molecule has 0 aromatic heterocycles. The van der Waals surface area contributed by atoms with Gasteiger partial charge < -0.3 is 0 Å². The van der Waals surface area contributed by atoms with Crippen LogP contribution < -0.4 is 10.6 Å². The second-order valence-corrected chi connectivity index (χ2v) is 3.06. The highest BCUT2D eigenvalue weighted by Crippen LogP contribution is 2.00. The first-order valence-corrected chi connectivity index (χ1v) is 4.46. The molecular formula is C10H9N3O2. The van der Waals surface area contributed by atoms with Crippen LogP contribution in [0, 0.1) is 0 Å². The van der Waals surface area contributed by atoms with Crippen molar-refractivity contribution in [3.8, 4) is 0 Å². The zero-order valence-corrected chi connectivity index (χ0v) is 7.86. The zero-order valence-electron chi connectivity index (χ0n) is 7.86. The molecule has 0 unspecified atom stereocenters. The van der Waals surface area contributed by atoms with Crippen LogP contribution in [-0.2, 0) is 16.1 Å². The second kappa shape index (κ2) is 3.91. The van der Waals surface area contributed by atoms with Crippen LogP contribution >= 0.6 is 0 Å². The Morgan fingerprint density at radius 2 is 1.60 bits per heavy atom. The first-order valence-electron chi connectivity index (χ1n) is 4.46. The summed E-state index contributed by atoms with van der Waals surface area (Å²) < 4.78 is 0. The molecule has 1 aliphatic heterocycles. The van der Waals surface area contributed by atoms with Gasteiger partial charge in [-0.3, -0.25) is 20.2 Å². The molecule has 0 saturated carbocycles. The molecule has 76 valence electrons. The fourth-order valence-corrected chi connectivity index (χ4v) is 1.19. The Hall–Kier alpha value is -2.17. The number of carbonyl (C=O) groups excluding carboxylic acids is 2. The van der Waals surface area contributed by atoms with Crippen molar-refractivity contribution in [3.63, 3.8) is 0 Å². The maximum atomic E-state index is 10.8. The van der Waals surface area contributed by atoms with Crippen LogP contribution in [0.4, 0.5) is 0 Å². The number of carbonyl (C=O) groups is 2. The van der Waals surface area contributed by atoms with Crippen molar-refractivity contribution in [2.45, 2.75) is 6.54 Å². The Labute approximate surface area is 86.2 Å². The highest BCUT2D eigenvalue weighted by atomic mass is 16.2. The van der Waals surface area contributed by atoms with Crippen molar-refractivity contribution >= 4 is 17.8 Å². The smallest absolute Gasteiger partial charge is 0.288 e. The topological polar surface area (TPSA) is 70.6 Å². The summed E-state index contributed by atoms with van der Waals surface area (Å²) in [6, 6.07) is 9.56. The lowest BCUT2D eigenvalue weighted by Gasteiger charge is -1.97. The maximum Gasteiger partial charge on any atom is 0.316 e. The summed E-state index contributed by atoms with van der Waals surface area (Å²) in [4.78, 5) is 25.6. The third-order valence-corrected chi connectivity index (χ3v) is 1.93. The molecule has 1 heterocycles. The monoisotopic (exact) mass is 203 g/mol. The summed E-state index contributed by atoms with van der Waals surface area (Å²) >= 11 is 0. The van der Waals surface area contributed by atoms with E-state index >= 15 is 0 Å². The van der Waals surface area contributed by atoms with Crippen molar-refractivity contribution in [2.24, 2.45) is 4.99 Å². The first-order chi connectivity index (χ1) is 7.25. The lowest BCUT2D eigenvalue weighted by Crippen LogP contribution is -2.25. The molecular weight excluding hydrogens is 194 g/mol. The van der Waals surface area contributed by atoms with Crippen molar-refractivity contribution in [1.82, 2.24) is 10.6 Å². The predicted molar refractivity (Wildman–Crippen MR) is 53.9 cm³/mol. The van der Waals surface area contributed by atoms with Gasteiger partial charge in [0.05, 0.1) is 6.54 Å². The van der Waals surface area contributed by atoms with Gasteiger partial charge in [-0.25, -0.2) is 4.99 Å². The molecule has 5 heteroatoms. The van der Waals surface area contributed by atoms with E-state index in [0.29, 0.717) is 6.54 Å². The van der Waals surface area contributed by atoms with Gasteiger partial charge in [-0.15, -0.1) is 0 Å². The van der Waals surface area contributed by atoms with Crippen LogP contribution in [0.2, 0.25) is 0 Å². The van der Waals surface area contributed by atoms with Crippen LogP contribution in [0.5, 0.6) is 0 Å². The number of amides is 2. The van der Waals surface area contributed by atoms with Crippen molar-refractivity contribution in [2.75, 3.05) is 0 Å². The predicted octanol–water partition coefficient (Wildman–Crippen LogP) is -0.211. The molecule has 2 rings (SSSR count). The summed E-state index contributed by atoms with van der Waals surface area (Å²) in [6.07, 6.45) is 0. The van der Waals surface area contributed by atoms with E-state index in [9.17, 15) is 9.59 Å². The Morgan fingerprint density at radius 3 is 2.20 bits per heavy atom. The molecule has 0 spiro atoms. The number of hydrogen-bond acceptors (Lipinski definition) is 3. The Balaban J connectivity index is 2.02. The largest absolute Gasteiger partial charge is 0.316 e. The summed E-state index contributed by atoms with van der Waals surface area (Å²) in [7, 11) is 0. The number of aliphatic imine (C=N–C) groups is 1. The van der Waals surface area contributed by atoms with E-state index in [0.717, 1.165) is 5.56 Å². The Morgan fingerprint density at radius 1 is 1.00 bits per heavy atom. The summed E-state index contributed by atoms with van der Waals surface area (Å²) in [6.45, 7) is 0.427. The van der Waals surface area contributed by atoms with E-state index in [2.05, 4.69) is 15.6 Å². The summed E-state index contributed by atoms with van der Waals surface area (Å²) in [5, 5.41) is 4.65. The van der Waals surface area contributed by atoms with Gasteiger partial charge in [-0.1, -0.05) is 30.3 Å². The van der Waals surface area contributed by atoms with Crippen LogP contribution in [0.3, 0.4) is 0 Å². The van der Waals surface area contributed by atoms with E-state index in [-0.39, 0.29) is 5.96 Å². The average Bonchev–Trinajstić information content (AvgIpc) is 2.57. The minimum atomic E-state index is -0.665. The molecule has 2 N–H and O–H groups in total. The second-order valence-electron chi connectivity index (χ2n) is 3.06. The molecule has 0 aliphatic carbocycles.